The molecule has 3 heteroatoms. The molecule has 1 N–H and O–H groups in total. The molecule has 2 atom stereocenters. The molecule has 82 valence electrons. The topological polar surface area (TPSA) is 32.7 Å². The smallest absolute Gasteiger partial charge is 0.0828 e. The number of aliphatic hydroxyl groups excluding tert-OH is 1. The van der Waals surface area contributed by atoms with Gasteiger partial charge in [0.05, 0.1) is 12.2 Å². The van der Waals surface area contributed by atoms with Gasteiger partial charge in [0.2, 0.25) is 0 Å². The SMILES string of the molecule is CCOC1CN([C@H]2CCCC[C@@H]2O)C1. The zero-order valence-electron chi connectivity index (χ0n) is 8.98. The lowest BCUT2D eigenvalue weighted by molar-refractivity contribution is -0.0983. The average Bonchev–Trinajstić information content (AvgIpc) is 2.12. The summed E-state index contributed by atoms with van der Waals surface area (Å²) in [6.07, 6.45) is 4.96. The zero-order valence-corrected chi connectivity index (χ0v) is 8.98. The van der Waals surface area contributed by atoms with E-state index in [1.807, 2.05) is 6.92 Å². The maximum absolute atomic E-state index is 9.84. The van der Waals surface area contributed by atoms with Gasteiger partial charge in [0.25, 0.3) is 0 Å². The van der Waals surface area contributed by atoms with Gasteiger partial charge >= 0.3 is 0 Å². The van der Waals surface area contributed by atoms with Crippen molar-refractivity contribution in [2.45, 2.75) is 50.9 Å². The summed E-state index contributed by atoms with van der Waals surface area (Å²) in [6, 6.07) is 0.417. The van der Waals surface area contributed by atoms with Crippen LogP contribution in [0.3, 0.4) is 0 Å². The predicted molar refractivity (Wildman–Crippen MR) is 55.2 cm³/mol. The summed E-state index contributed by atoms with van der Waals surface area (Å²) in [6.45, 7) is 4.90. The summed E-state index contributed by atoms with van der Waals surface area (Å²) in [4.78, 5) is 2.38. The quantitative estimate of drug-likeness (QED) is 0.736. The fourth-order valence-corrected chi connectivity index (χ4v) is 2.60. The Labute approximate surface area is 86.0 Å². The van der Waals surface area contributed by atoms with Gasteiger partial charge in [0.1, 0.15) is 0 Å². The van der Waals surface area contributed by atoms with E-state index in [9.17, 15) is 5.11 Å². The Bertz CT molecular complexity index is 180. The van der Waals surface area contributed by atoms with Crippen molar-refractivity contribution in [3.8, 4) is 0 Å². The van der Waals surface area contributed by atoms with Crippen LogP contribution in [-0.2, 0) is 4.74 Å². The van der Waals surface area contributed by atoms with E-state index < -0.39 is 0 Å². The molecule has 1 saturated heterocycles. The molecule has 0 spiro atoms. The number of rotatable bonds is 3. The molecule has 0 aromatic rings. The molecule has 0 radical (unpaired) electrons. The molecule has 0 aromatic heterocycles. The van der Waals surface area contributed by atoms with Crippen LogP contribution >= 0.6 is 0 Å². The molecule has 14 heavy (non-hydrogen) atoms. The van der Waals surface area contributed by atoms with E-state index in [0.29, 0.717) is 12.1 Å². The minimum absolute atomic E-state index is 0.0914. The van der Waals surface area contributed by atoms with Crippen LogP contribution in [0, 0.1) is 0 Å². The Morgan fingerprint density at radius 2 is 2.00 bits per heavy atom. The molecule has 0 amide bonds. The van der Waals surface area contributed by atoms with E-state index in [0.717, 1.165) is 26.1 Å². The molecule has 1 aliphatic carbocycles. The molecule has 1 aliphatic heterocycles. The van der Waals surface area contributed by atoms with Crippen molar-refractivity contribution < 1.29 is 9.84 Å². The zero-order chi connectivity index (χ0) is 9.97. The Hall–Kier alpha value is -0.120. The third-order valence-electron chi connectivity index (χ3n) is 3.44. The van der Waals surface area contributed by atoms with Gasteiger partial charge in [-0.25, -0.2) is 0 Å². The van der Waals surface area contributed by atoms with Crippen molar-refractivity contribution in [1.29, 1.82) is 0 Å². The van der Waals surface area contributed by atoms with Crippen LogP contribution in [-0.4, -0.2) is 48.0 Å². The van der Waals surface area contributed by atoms with E-state index >= 15 is 0 Å². The van der Waals surface area contributed by atoms with Gasteiger partial charge in [0.15, 0.2) is 0 Å². The van der Waals surface area contributed by atoms with Gasteiger partial charge < -0.3 is 9.84 Å². The van der Waals surface area contributed by atoms with Crippen molar-refractivity contribution in [3.63, 3.8) is 0 Å². The number of hydrogen-bond acceptors (Lipinski definition) is 3. The standard InChI is InChI=1S/C11H21NO2/c1-2-14-9-7-12(8-9)10-5-3-4-6-11(10)13/h9-11,13H,2-8H2,1H3/t10-,11-/m0/s1. The highest BCUT2D eigenvalue weighted by Gasteiger charge is 2.36. The number of nitrogens with zero attached hydrogens (tertiary/aromatic N) is 1. The predicted octanol–water partition coefficient (Wildman–Crippen LogP) is 1.01. The third-order valence-corrected chi connectivity index (χ3v) is 3.44. The molecule has 3 nitrogen and oxygen atoms in total. The van der Waals surface area contributed by atoms with E-state index in [1.165, 1.54) is 19.3 Å². The minimum atomic E-state index is -0.0914. The van der Waals surface area contributed by atoms with E-state index in [2.05, 4.69) is 4.90 Å². The lowest BCUT2D eigenvalue weighted by Gasteiger charge is -2.46. The molecule has 2 fully saturated rings. The van der Waals surface area contributed by atoms with Crippen LogP contribution in [0.1, 0.15) is 32.6 Å². The Morgan fingerprint density at radius 3 is 2.64 bits per heavy atom. The molecule has 0 aromatic carbocycles. The van der Waals surface area contributed by atoms with Crippen LogP contribution in [0.5, 0.6) is 0 Å². The fraction of sp³-hybridized carbons (Fsp3) is 1.00. The first kappa shape index (κ1) is 10.4. The minimum Gasteiger partial charge on any atom is -0.391 e. The highest BCUT2D eigenvalue weighted by Crippen LogP contribution is 2.27. The normalized spacial score (nSPS) is 35.6. The van der Waals surface area contributed by atoms with Crippen LogP contribution in [0.4, 0.5) is 0 Å². The summed E-state index contributed by atoms with van der Waals surface area (Å²) in [7, 11) is 0. The van der Waals surface area contributed by atoms with Gasteiger partial charge in [-0.3, -0.25) is 4.90 Å². The first-order chi connectivity index (χ1) is 6.81. The second kappa shape index (κ2) is 4.60. The van der Waals surface area contributed by atoms with Crippen molar-refractivity contribution in [3.05, 3.63) is 0 Å². The third kappa shape index (κ3) is 2.10. The number of aliphatic hydroxyl groups is 1. The monoisotopic (exact) mass is 199 g/mol. The van der Waals surface area contributed by atoms with Crippen LogP contribution < -0.4 is 0 Å². The van der Waals surface area contributed by atoms with Crippen molar-refractivity contribution >= 4 is 0 Å². The highest BCUT2D eigenvalue weighted by atomic mass is 16.5. The van der Waals surface area contributed by atoms with Crippen LogP contribution in [0.15, 0.2) is 0 Å². The fourth-order valence-electron chi connectivity index (χ4n) is 2.60. The Balaban J connectivity index is 1.74. The number of likely N-dealkylation sites (tertiary alicyclic amines) is 1. The van der Waals surface area contributed by atoms with E-state index in [1.54, 1.807) is 0 Å². The molecule has 1 saturated carbocycles. The molecular weight excluding hydrogens is 178 g/mol. The molecule has 0 bridgehead atoms. The second-order valence-corrected chi connectivity index (χ2v) is 4.45. The van der Waals surface area contributed by atoms with Gasteiger partial charge in [0, 0.05) is 25.7 Å². The summed E-state index contributed by atoms with van der Waals surface area (Å²) >= 11 is 0. The molecule has 2 rings (SSSR count). The molecule has 0 unspecified atom stereocenters. The Kier molecular flexibility index (Phi) is 3.42. The number of ether oxygens (including phenoxy) is 1. The molecule has 1 heterocycles. The van der Waals surface area contributed by atoms with E-state index in [4.69, 9.17) is 4.74 Å². The maximum Gasteiger partial charge on any atom is 0.0828 e. The van der Waals surface area contributed by atoms with Gasteiger partial charge in [-0.05, 0) is 19.8 Å². The molecule has 2 aliphatic rings. The summed E-state index contributed by atoms with van der Waals surface area (Å²) < 4.78 is 5.51. The van der Waals surface area contributed by atoms with Crippen LogP contribution in [0.2, 0.25) is 0 Å². The summed E-state index contributed by atoms with van der Waals surface area (Å²) in [5, 5.41) is 9.84. The highest BCUT2D eigenvalue weighted by molar-refractivity contribution is 4.91. The van der Waals surface area contributed by atoms with Gasteiger partial charge in [-0.2, -0.15) is 0 Å². The van der Waals surface area contributed by atoms with Crippen molar-refractivity contribution in [2.24, 2.45) is 0 Å². The van der Waals surface area contributed by atoms with E-state index in [-0.39, 0.29) is 6.10 Å². The van der Waals surface area contributed by atoms with Crippen molar-refractivity contribution in [1.82, 2.24) is 4.90 Å². The maximum atomic E-state index is 9.84. The summed E-state index contributed by atoms with van der Waals surface area (Å²) in [5.41, 5.74) is 0. The molecular formula is C11H21NO2. The average molecular weight is 199 g/mol. The lowest BCUT2D eigenvalue weighted by atomic mass is 9.89. The van der Waals surface area contributed by atoms with Gasteiger partial charge in [-0.15, -0.1) is 0 Å². The van der Waals surface area contributed by atoms with Gasteiger partial charge in [-0.1, -0.05) is 12.8 Å². The van der Waals surface area contributed by atoms with Crippen molar-refractivity contribution in [2.75, 3.05) is 19.7 Å². The lowest BCUT2D eigenvalue weighted by Crippen LogP contribution is -2.60. The number of hydrogen-bond donors (Lipinski definition) is 1. The largest absolute Gasteiger partial charge is 0.391 e. The first-order valence-corrected chi connectivity index (χ1v) is 5.85. The summed E-state index contributed by atoms with van der Waals surface area (Å²) in [5.74, 6) is 0. The van der Waals surface area contributed by atoms with Crippen LogP contribution in [0.25, 0.3) is 0 Å². The second-order valence-electron chi connectivity index (χ2n) is 4.45. The first-order valence-electron chi connectivity index (χ1n) is 5.85. The Morgan fingerprint density at radius 1 is 1.29 bits per heavy atom.